The van der Waals surface area contributed by atoms with E-state index in [0.717, 1.165) is 0 Å². The van der Waals surface area contributed by atoms with Crippen LogP contribution in [0.25, 0.3) is 5.76 Å². The maximum atomic E-state index is 13.3. The highest BCUT2D eigenvalue weighted by atomic mass is 35.5. The van der Waals surface area contributed by atoms with Crippen molar-refractivity contribution in [3.63, 3.8) is 0 Å². The van der Waals surface area contributed by atoms with Gasteiger partial charge in [-0.2, -0.15) is 0 Å². The van der Waals surface area contributed by atoms with Gasteiger partial charge in [0.05, 0.1) is 37.3 Å². The number of amides is 1. The minimum atomic E-state index is -0.960. The summed E-state index contributed by atoms with van der Waals surface area (Å²) in [6.45, 7) is 2.01. The first-order valence-corrected chi connectivity index (χ1v) is 11.5. The molecule has 8 nitrogen and oxygen atoms in total. The van der Waals surface area contributed by atoms with Gasteiger partial charge in [-0.25, -0.2) is 0 Å². The number of methoxy groups -OCH3 is 1. The fraction of sp³-hybridized carbons (Fsp3) is 0.185. The Morgan fingerprint density at radius 1 is 1.14 bits per heavy atom. The van der Waals surface area contributed by atoms with Crippen LogP contribution in [0.3, 0.4) is 0 Å². The van der Waals surface area contributed by atoms with Crippen molar-refractivity contribution in [3.05, 3.63) is 94.3 Å². The van der Waals surface area contributed by atoms with Gasteiger partial charge in [0.25, 0.3) is 11.7 Å². The smallest absolute Gasteiger partial charge is 0.310 e. The number of hydrogen-bond donors (Lipinski definition) is 1. The molecule has 1 saturated heterocycles. The van der Waals surface area contributed by atoms with Crippen LogP contribution < -0.4 is 9.64 Å². The number of Topliss-reactive ketones (excluding diaryl/α,β-unsaturated/α-hetero) is 1. The molecule has 1 amide bonds. The van der Waals surface area contributed by atoms with E-state index in [1.807, 2.05) is 0 Å². The van der Waals surface area contributed by atoms with E-state index in [4.69, 9.17) is 21.1 Å². The summed E-state index contributed by atoms with van der Waals surface area (Å²) in [6.07, 6.45) is 3.18. The number of carbonyl (C=O) groups is 3. The number of halogens is 1. The van der Waals surface area contributed by atoms with E-state index >= 15 is 0 Å². The van der Waals surface area contributed by atoms with Crippen LogP contribution >= 0.6 is 11.6 Å². The zero-order chi connectivity index (χ0) is 25.8. The van der Waals surface area contributed by atoms with Crippen molar-refractivity contribution in [1.82, 2.24) is 4.98 Å². The molecule has 0 spiro atoms. The molecule has 2 heterocycles. The molecule has 0 saturated carbocycles. The Kier molecular flexibility index (Phi) is 7.36. The summed E-state index contributed by atoms with van der Waals surface area (Å²) in [6, 6.07) is 13.7. The van der Waals surface area contributed by atoms with Crippen molar-refractivity contribution in [3.8, 4) is 5.75 Å². The van der Waals surface area contributed by atoms with Gasteiger partial charge >= 0.3 is 5.97 Å². The molecule has 3 aromatic rings. The lowest BCUT2D eigenvalue weighted by Crippen LogP contribution is -2.29. The van der Waals surface area contributed by atoms with Crippen molar-refractivity contribution < 1.29 is 29.0 Å². The summed E-state index contributed by atoms with van der Waals surface area (Å²) in [5.41, 5.74) is 1.69. The summed E-state index contributed by atoms with van der Waals surface area (Å²) in [7, 11) is 1.43. The predicted molar refractivity (Wildman–Crippen MR) is 134 cm³/mol. The number of esters is 1. The minimum Gasteiger partial charge on any atom is -0.507 e. The Morgan fingerprint density at radius 2 is 1.89 bits per heavy atom. The Morgan fingerprint density at radius 3 is 2.53 bits per heavy atom. The monoisotopic (exact) mass is 506 g/mol. The lowest BCUT2D eigenvalue weighted by Gasteiger charge is -2.25. The standard InChI is InChI=1S/C27H23ClN2O6/c1-3-36-22(31)13-16-6-9-19(10-7-16)30-24(17-5-4-12-29-15-17)23(26(33)27(30)34)25(32)20-14-18(28)8-11-21(20)35-2/h4-12,14-15,24,32H,3,13H2,1-2H3/b25-23+. The number of aliphatic hydroxyl groups excluding tert-OH is 1. The highest BCUT2D eigenvalue weighted by Gasteiger charge is 2.47. The van der Waals surface area contributed by atoms with E-state index in [2.05, 4.69) is 4.98 Å². The second-order valence-electron chi connectivity index (χ2n) is 7.95. The van der Waals surface area contributed by atoms with Crippen LogP contribution in [0.5, 0.6) is 5.75 Å². The molecule has 1 aliphatic rings. The van der Waals surface area contributed by atoms with Crippen LogP contribution in [0.1, 0.15) is 29.7 Å². The number of ether oxygens (including phenoxy) is 2. The van der Waals surface area contributed by atoms with Gasteiger partial charge in [-0.3, -0.25) is 24.3 Å². The summed E-state index contributed by atoms with van der Waals surface area (Å²) < 4.78 is 10.3. The van der Waals surface area contributed by atoms with E-state index in [9.17, 15) is 19.5 Å². The van der Waals surface area contributed by atoms with Gasteiger partial charge in [-0.1, -0.05) is 29.8 Å². The number of ketones is 1. The van der Waals surface area contributed by atoms with Crippen LogP contribution in [0.2, 0.25) is 5.02 Å². The molecular weight excluding hydrogens is 484 g/mol. The fourth-order valence-corrected chi connectivity index (χ4v) is 4.29. The first kappa shape index (κ1) is 24.9. The third-order valence-corrected chi connectivity index (χ3v) is 5.96. The molecule has 1 fully saturated rings. The van der Waals surface area contributed by atoms with Crippen LogP contribution in [-0.2, 0) is 25.5 Å². The number of aliphatic hydroxyl groups is 1. The van der Waals surface area contributed by atoms with Crippen molar-refractivity contribution in [2.75, 3.05) is 18.6 Å². The van der Waals surface area contributed by atoms with Gasteiger partial charge in [0.2, 0.25) is 0 Å². The lowest BCUT2D eigenvalue weighted by molar-refractivity contribution is -0.142. The lowest BCUT2D eigenvalue weighted by atomic mass is 9.95. The Hall–Kier alpha value is -4.17. The van der Waals surface area contributed by atoms with Crippen LogP contribution in [-0.4, -0.2) is 41.5 Å². The molecule has 2 aromatic carbocycles. The molecule has 1 unspecified atom stereocenters. The molecular formula is C27H23ClN2O6. The Balaban J connectivity index is 1.83. The Labute approximate surface area is 212 Å². The van der Waals surface area contributed by atoms with Crippen LogP contribution in [0.15, 0.2) is 72.6 Å². The van der Waals surface area contributed by atoms with Gasteiger partial charge in [0.1, 0.15) is 11.5 Å². The number of aromatic nitrogens is 1. The number of nitrogens with zero attached hydrogens (tertiary/aromatic N) is 2. The second-order valence-corrected chi connectivity index (χ2v) is 8.38. The van der Waals surface area contributed by atoms with Gasteiger partial charge in [-0.05, 0) is 54.4 Å². The molecule has 1 aliphatic heterocycles. The third-order valence-electron chi connectivity index (χ3n) is 5.73. The van der Waals surface area contributed by atoms with Gasteiger partial charge in [0.15, 0.2) is 0 Å². The summed E-state index contributed by atoms with van der Waals surface area (Å²) in [5, 5.41) is 11.6. The van der Waals surface area contributed by atoms with Crippen LogP contribution in [0.4, 0.5) is 5.69 Å². The quantitative estimate of drug-likeness (QED) is 0.218. The van der Waals surface area contributed by atoms with E-state index in [0.29, 0.717) is 21.8 Å². The Bertz CT molecular complexity index is 1340. The molecule has 0 bridgehead atoms. The van der Waals surface area contributed by atoms with Crippen molar-refractivity contribution in [2.45, 2.75) is 19.4 Å². The molecule has 36 heavy (non-hydrogen) atoms. The largest absolute Gasteiger partial charge is 0.507 e. The number of benzene rings is 2. The maximum absolute atomic E-state index is 13.3. The highest BCUT2D eigenvalue weighted by Crippen LogP contribution is 2.43. The first-order chi connectivity index (χ1) is 17.3. The zero-order valence-electron chi connectivity index (χ0n) is 19.6. The van der Waals surface area contributed by atoms with E-state index in [-0.39, 0.29) is 35.9 Å². The van der Waals surface area contributed by atoms with Gasteiger partial charge in [-0.15, -0.1) is 0 Å². The number of pyridine rings is 1. The predicted octanol–water partition coefficient (Wildman–Crippen LogP) is 4.48. The third kappa shape index (κ3) is 4.81. The van der Waals surface area contributed by atoms with E-state index in [1.165, 1.54) is 24.3 Å². The number of anilines is 1. The number of carbonyl (C=O) groups excluding carboxylic acids is 3. The average molecular weight is 507 g/mol. The molecule has 1 N–H and O–H groups in total. The normalized spacial score (nSPS) is 16.8. The van der Waals surface area contributed by atoms with Gasteiger partial charge < -0.3 is 14.6 Å². The average Bonchev–Trinajstić information content (AvgIpc) is 3.15. The van der Waals surface area contributed by atoms with Gasteiger partial charge in [0, 0.05) is 23.1 Å². The molecule has 1 atom stereocenters. The minimum absolute atomic E-state index is 0.0769. The fourth-order valence-electron chi connectivity index (χ4n) is 4.12. The van der Waals surface area contributed by atoms with E-state index < -0.39 is 23.5 Å². The molecule has 9 heteroatoms. The topological polar surface area (TPSA) is 106 Å². The second kappa shape index (κ2) is 10.6. The molecule has 0 aliphatic carbocycles. The molecule has 0 radical (unpaired) electrons. The summed E-state index contributed by atoms with van der Waals surface area (Å²) in [5.74, 6) is -2.17. The summed E-state index contributed by atoms with van der Waals surface area (Å²) >= 11 is 6.14. The SMILES string of the molecule is CCOC(=O)Cc1ccc(N2C(=O)C(=O)/C(=C(/O)c3cc(Cl)ccc3OC)C2c2cccnc2)cc1. The first-order valence-electron chi connectivity index (χ1n) is 11.1. The molecule has 4 rings (SSSR count). The zero-order valence-corrected chi connectivity index (χ0v) is 20.4. The van der Waals surface area contributed by atoms with Crippen LogP contribution in [0, 0.1) is 0 Å². The molecule has 1 aromatic heterocycles. The maximum Gasteiger partial charge on any atom is 0.310 e. The van der Waals surface area contributed by atoms with Crippen molar-refractivity contribution in [2.24, 2.45) is 0 Å². The van der Waals surface area contributed by atoms with Crippen molar-refractivity contribution in [1.29, 1.82) is 0 Å². The van der Waals surface area contributed by atoms with E-state index in [1.54, 1.807) is 61.7 Å². The summed E-state index contributed by atoms with van der Waals surface area (Å²) in [4.78, 5) is 43.8. The number of rotatable bonds is 7. The number of hydrogen-bond acceptors (Lipinski definition) is 7. The highest BCUT2D eigenvalue weighted by molar-refractivity contribution is 6.51. The van der Waals surface area contributed by atoms with Crippen molar-refractivity contribution >= 4 is 40.7 Å². The molecule has 184 valence electrons.